The minimum Gasteiger partial charge on any atom is -0.495 e. The van der Waals surface area contributed by atoms with Gasteiger partial charge in [-0.3, -0.25) is 14.5 Å². The highest BCUT2D eigenvalue weighted by Crippen LogP contribution is 2.28. The molecule has 0 saturated carbocycles. The molecule has 2 heterocycles. The van der Waals surface area contributed by atoms with Crippen molar-refractivity contribution in [2.45, 2.75) is 38.5 Å². The molecule has 0 radical (unpaired) electrons. The fourth-order valence-corrected chi connectivity index (χ4v) is 3.58. The predicted octanol–water partition coefficient (Wildman–Crippen LogP) is 1.82. The molecule has 0 spiro atoms. The molecule has 2 amide bonds. The number of ether oxygens (including phenoxy) is 3. The predicted molar refractivity (Wildman–Crippen MR) is 101 cm³/mol. The fourth-order valence-electron chi connectivity index (χ4n) is 3.58. The van der Waals surface area contributed by atoms with Gasteiger partial charge in [0.1, 0.15) is 5.75 Å². The summed E-state index contributed by atoms with van der Waals surface area (Å²) in [5.41, 5.74) is 1.12. The van der Waals surface area contributed by atoms with Gasteiger partial charge in [-0.1, -0.05) is 6.42 Å². The van der Waals surface area contributed by atoms with E-state index in [2.05, 4.69) is 15.5 Å². The molecule has 0 aliphatic carbocycles. The molecule has 8 nitrogen and oxygen atoms in total. The first-order valence-electron chi connectivity index (χ1n) is 9.29. The third-order valence-electron chi connectivity index (χ3n) is 4.77. The number of benzene rings is 1. The molecule has 1 aromatic carbocycles. The summed E-state index contributed by atoms with van der Waals surface area (Å²) in [5.74, 6) is 0.221. The Hall–Kier alpha value is -2.16. The third-order valence-corrected chi connectivity index (χ3v) is 4.77. The van der Waals surface area contributed by atoms with E-state index in [4.69, 9.17) is 14.2 Å². The Morgan fingerprint density at radius 1 is 1.22 bits per heavy atom. The van der Waals surface area contributed by atoms with Crippen molar-refractivity contribution in [1.82, 2.24) is 4.90 Å². The maximum Gasteiger partial charge on any atom is 0.238 e. The molecule has 3 rings (SSSR count). The highest BCUT2D eigenvalue weighted by atomic mass is 16.7. The molecule has 2 aliphatic rings. The zero-order chi connectivity index (χ0) is 19.2. The lowest BCUT2D eigenvalue weighted by molar-refractivity contribution is -0.127. The van der Waals surface area contributed by atoms with Crippen LogP contribution in [0.4, 0.5) is 11.4 Å². The first-order chi connectivity index (χ1) is 13.1. The summed E-state index contributed by atoms with van der Waals surface area (Å²) in [6, 6.07) is 5.23. The van der Waals surface area contributed by atoms with Crippen molar-refractivity contribution in [3.05, 3.63) is 18.2 Å². The molecule has 27 heavy (non-hydrogen) atoms. The van der Waals surface area contributed by atoms with E-state index in [-0.39, 0.29) is 30.7 Å². The van der Waals surface area contributed by atoms with Gasteiger partial charge >= 0.3 is 0 Å². The number of anilines is 2. The van der Waals surface area contributed by atoms with E-state index in [1.165, 1.54) is 6.92 Å². The number of hydrogen-bond donors (Lipinski definition) is 2. The molecule has 1 aromatic rings. The number of methoxy groups -OCH3 is 1. The Kier molecular flexibility index (Phi) is 6.65. The molecule has 2 aliphatic heterocycles. The van der Waals surface area contributed by atoms with E-state index in [9.17, 15) is 9.59 Å². The molecule has 1 unspecified atom stereocenters. The molecule has 148 valence electrons. The second kappa shape index (κ2) is 9.16. The van der Waals surface area contributed by atoms with Gasteiger partial charge in [0.2, 0.25) is 11.8 Å². The molecule has 2 saturated heterocycles. The minimum atomic E-state index is -0.254. The van der Waals surface area contributed by atoms with Gasteiger partial charge in [0.15, 0.2) is 6.29 Å². The van der Waals surface area contributed by atoms with E-state index in [1.807, 2.05) is 0 Å². The first-order valence-corrected chi connectivity index (χ1v) is 9.29. The van der Waals surface area contributed by atoms with Crippen LogP contribution in [0.3, 0.4) is 0 Å². The van der Waals surface area contributed by atoms with Crippen LogP contribution in [0.25, 0.3) is 0 Å². The number of hydrogen-bond acceptors (Lipinski definition) is 6. The lowest BCUT2D eigenvalue weighted by atomic mass is 10.0. The number of nitrogens with one attached hydrogen (secondary N) is 2. The Labute approximate surface area is 159 Å². The van der Waals surface area contributed by atoms with Gasteiger partial charge in [-0.15, -0.1) is 0 Å². The third kappa shape index (κ3) is 5.18. The molecular formula is C19H27N3O5. The second-order valence-corrected chi connectivity index (χ2v) is 6.79. The quantitative estimate of drug-likeness (QED) is 0.786. The summed E-state index contributed by atoms with van der Waals surface area (Å²) in [5, 5.41) is 5.60. The van der Waals surface area contributed by atoms with Crippen molar-refractivity contribution in [3.63, 3.8) is 0 Å². The number of rotatable bonds is 6. The number of amides is 2. The number of likely N-dealkylation sites (tertiary alicyclic amines) is 1. The van der Waals surface area contributed by atoms with Crippen LogP contribution < -0.4 is 15.4 Å². The lowest BCUT2D eigenvalue weighted by Gasteiger charge is -2.37. The summed E-state index contributed by atoms with van der Waals surface area (Å²) >= 11 is 0. The van der Waals surface area contributed by atoms with Crippen LogP contribution in [0.1, 0.15) is 26.2 Å². The Bertz CT molecular complexity index is 675. The number of nitrogens with zero attached hydrogens (tertiary/aromatic N) is 1. The van der Waals surface area contributed by atoms with Crippen LogP contribution in [-0.2, 0) is 19.1 Å². The Morgan fingerprint density at radius 3 is 2.70 bits per heavy atom. The number of carbonyl (C=O) groups excluding carboxylic acids is 2. The van der Waals surface area contributed by atoms with E-state index in [0.29, 0.717) is 30.3 Å². The van der Waals surface area contributed by atoms with E-state index in [1.54, 1.807) is 25.3 Å². The molecule has 0 bridgehead atoms. The average Bonchev–Trinajstić information content (AvgIpc) is 3.16. The number of carbonyl (C=O) groups is 2. The smallest absolute Gasteiger partial charge is 0.238 e. The average molecular weight is 377 g/mol. The van der Waals surface area contributed by atoms with Crippen LogP contribution in [-0.4, -0.2) is 62.5 Å². The number of piperidine rings is 1. The summed E-state index contributed by atoms with van der Waals surface area (Å²) in [6.45, 7) is 3.74. The molecule has 1 atom stereocenters. The summed E-state index contributed by atoms with van der Waals surface area (Å²) in [7, 11) is 1.54. The second-order valence-electron chi connectivity index (χ2n) is 6.79. The standard InChI is InChI=1S/C19H27N3O5/c1-13(23)20-14-6-7-17(25-2)15(11-14)21-18(24)12-22-8-4-3-5-16(22)19-26-9-10-27-19/h6-7,11,16,19H,3-5,8-10,12H2,1-2H3,(H,20,23)(H,21,24). The van der Waals surface area contributed by atoms with E-state index >= 15 is 0 Å². The van der Waals surface area contributed by atoms with Crippen LogP contribution in [0.2, 0.25) is 0 Å². The van der Waals surface area contributed by atoms with Gasteiger partial charge < -0.3 is 24.8 Å². The Balaban J connectivity index is 1.66. The summed E-state index contributed by atoms with van der Waals surface area (Å²) < 4.78 is 16.6. The topological polar surface area (TPSA) is 89.1 Å². The molecule has 0 aromatic heterocycles. The highest BCUT2D eigenvalue weighted by Gasteiger charge is 2.34. The molecule has 8 heteroatoms. The van der Waals surface area contributed by atoms with Gasteiger partial charge in [0.25, 0.3) is 0 Å². The van der Waals surface area contributed by atoms with Crippen molar-refractivity contribution in [1.29, 1.82) is 0 Å². The summed E-state index contributed by atoms with van der Waals surface area (Å²) in [4.78, 5) is 26.1. The maximum atomic E-state index is 12.7. The van der Waals surface area contributed by atoms with Crippen molar-refractivity contribution >= 4 is 23.2 Å². The fraction of sp³-hybridized carbons (Fsp3) is 0.579. The zero-order valence-corrected chi connectivity index (χ0v) is 15.8. The highest BCUT2D eigenvalue weighted by molar-refractivity contribution is 5.95. The van der Waals surface area contributed by atoms with Crippen molar-refractivity contribution in [2.24, 2.45) is 0 Å². The van der Waals surface area contributed by atoms with Gasteiger partial charge in [0, 0.05) is 12.6 Å². The van der Waals surface area contributed by atoms with Crippen molar-refractivity contribution in [3.8, 4) is 5.75 Å². The Morgan fingerprint density at radius 2 is 2.00 bits per heavy atom. The molecule has 2 fully saturated rings. The molecule has 2 N–H and O–H groups in total. The van der Waals surface area contributed by atoms with Crippen LogP contribution >= 0.6 is 0 Å². The lowest BCUT2D eigenvalue weighted by Crippen LogP contribution is -2.50. The van der Waals surface area contributed by atoms with E-state index < -0.39 is 0 Å². The van der Waals surface area contributed by atoms with Crippen molar-refractivity contribution in [2.75, 3.05) is 44.0 Å². The van der Waals surface area contributed by atoms with Gasteiger partial charge in [-0.2, -0.15) is 0 Å². The maximum absolute atomic E-state index is 12.7. The molecular weight excluding hydrogens is 350 g/mol. The monoisotopic (exact) mass is 377 g/mol. The van der Waals surface area contributed by atoms with E-state index in [0.717, 1.165) is 25.8 Å². The normalized spacial score (nSPS) is 21.0. The summed E-state index contributed by atoms with van der Waals surface area (Å²) in [6.07, 6.45) is 2.87. The van der Waals surface area contributed by atoms with Gasteiger partial charge in [-0.05, 0) is 37.6 Å². The first kappa shape index (κ1) is 19.6. The van der Waals surface area contributed by atoms with Crippen LogP contribution in [0, 0.1) is 0 Å². The van der Waals surface area contributed by atoms with Crippen LogP contribution in [0.15, 0.2) is 18.2 Å². The SMILES string of the molecule is COc1ccc(NC(C)=O)cc1NC(=O)CN1CCCCC1C1OCCO1. The zero-order valence-electron chi connectivity index (χ0n) is 15.8. The van der Waals surface area contributed by atoms with Gasteiger partial charge in [-0.25, -0.2) is 0 Å². The van der Waals surface area contributed by atoms with Crippen LogP contribution in [0.5, 0.6) is 5.75 Å². The van der Waals surface area contributed by atoms with Crippen molar-refractivity contribution < 1.29 is 23.8 Å². The largest absolute Gasteiger partial charge is 0.495 e. The minimum absolute atomic E-state index is 0.0969. The van der Waals surface area contributed by atoms with Gasteiger partial charge in [0.05, 0.1) is 38.6 Å².